The van der Waals surface area contributed by atoms with Crippen molar-refractivity contribution < 1.29 is 9.53 Å². The zero-order chi connectivity index (χ0) is 18.7. The van der Waals surface area contributed by atoms with E-state index in [-0.39, 0.29) is 5.41 Å². The average molecular weight is 367 g/mol. The molecule has 0 bridgehead atoms. The van der Waals surface area contributed by atoms with E-state index >= 15 is 0 Å². The Morgan fingerprint density at radius 1 is 1.26 bits per heavy atom. The number of methoxy groups -OCH3 is 1. The van der Waals surface area contributed by atoms with Crippen molar-refractivity contribution in [2.45, 2.75) is 44.6 Å². The number of amides is 1. The van der Waals surface area contributed by atoms with Crippen LogP contribution in [0.2, 0.25) is 0 Å². The van der Waals surface area contributed by atoms with E-state index in [1.54, 1.807) is 7.11 Å². The molecule has 1 aliphatic carbocycles. The number of carbonyl (C=O) groups excluding carboxylic acids is 1. The first-order chi connectivity index (χ1) is 13.2. The van der Waals surface area contributed by atoms with Crippen molar-refractivity contribution in [3.05, 3.63) is 54.1 Å². The molecule has 1 amide bonds. The van der Waals surface area contributed by atoms with Gasteiger partial charge in [-0.1, -0.05) is 36.8 Å². The van der Waals surface area contributed by atoms with Gasteiger partial charge in [-0.05, 0) is 31.2 Å². The third kappa shape index (κ3) is 3.65. The lowest BCUT2D eigenvalue weighted by Crippen LogP contribution is -2.52. The second-order valence-corrected chi connectivity index (χ2v) is 8.06. The van der Waals surface area contributed by atoms with E-state index < -0.39 is 0 Å². The Morgan fingerprint density at radius 3 is 2.78 bits per heavy atom. The summed E-state index contributed by atoms with van der Waals surface area (Å²) in [5.74, 6) is 1.70. The molecule has 1 aromatic heterocycles. The molecule has 5 heteroatoms. The summed E-state index contributed by atoms with van der Waals surface area (Å²) in [6, 6.07) is 10.5. The van der Waals surface area contributed by atoms with Crippen molar-refractivity contribution in [2.24, 2.45) is 5.41 Å². The number of rotatable bonds is 6. The summed E-state index contributed by atoms with van der Waals surface area (Å²) in [5.41, 5.74) is 1.00. The van der Waals surface area contributed by atoms with Gasteiger partial charge in [0.2, 0.25) is 5.91 Å². The summed E-state index contributed by atoms with van der Waals surface area (Å²) in [6.07, 6.45) is 9.13. The van der Waals surface area contributed by atoms with Gasteiger partial charge in [-0.3, -0.25) is 4.79 Å². The molecule has 0 unspecified atom stereocenters. The van der Waals surface area contributed by atoms with Crippen LogP contribution in [-0.2, 0) is 16.1 Å². The van der Waals surface area contributed by atoms with Crippen LogP contribution < -0.4 is 0 Å². The second-order valence-electron chi connectivity index (χ2n) is 8.06. The summed E-state index contributed by atoms with van der Waals surface area (Å²) >= 11 is 0. The second kappa shape index (κ2) is 7.85. The zero-order valence-corrected chi connectivity index (χ0v) is 16.1. The van der Waals surface area contributed by atoms with Crippen LogP contribution in [-0.4, -0.2) is 47.2 Å². The van der Waals surface area contributed by atoms with Crippen molar-refractivity contribution in [3.63, 3.8) is 0 Å². The molecule has 4 rings (SSSR count). The predicted molar refractivity (Wildman–Crippen MR) is 104 cm³/mol. The fraction of sp³-hybridized carbons (Fsp3) is 0.545. The van der Waals surface area contributed by atoms with E-state index in [1.807, 2.05) is 12.3 Å². The highest BCUT2D eigenvalue weighted by Gasteiger charge is 2.47. The maximum Gasteiger partial charge on any atom is 0.231 e. The van der Waals surface area contributed by atoms with Gasteiger partial charge in [-0.25, -0.2) is 4.98 Å². The van der Waals surface area contributed by atoms with E-state index in [4.69, 9.17) is 4.74 Å². The molecule has 0 N–H and O–H groups in total. The number of aromatic nitrogens is 2. The third-order valence-electron chi connectivity index (χ3n) is 6.20. The molecule has 2 aliphatic rings. The highest BCUT2D eigenvalue weighted by Crippen LogP contribution is 2.43. The molecule has 2 aromatic rings. The number of hydrogen-bond acceptors (Lipinski definition) is 3. The van der Waals surface area contributed by atoms with Crippen LogP contribution in [0.3, 0.4) is 0 Å². The van der Waals surface area contributed by atoms with E-state index in [9.17, 15) is 4.79 Å². The highest BCUT2D eigenvalue weighted by molar-refractivity contribution is 5.84. The molecule has 5 nitrogen and oxygen atoms in total. The first-order valence-electron chi connectivity index (χ1n) is 10.1. The molecule has 0 spiro atoms. The highest BCUT2D eigenvalue weighted by atomic mass is 16.5. The number of ether oxygens (including phenoxy) is 1. The Morgan fingerprint density at radius 2 is 2.07 bits per heavy atom. The molecule has 1 saturated carbocycles. The van der Waals surface area contributed by atoms with Gasteiger partial charge in [0.15, 0.2) is 0 Å². The van der Waals surface area contributed by atoms with Crippen molar-refractivity contribution in [2.75, 3.05) is 26.8 Å². The van der Waals surface area contributed by atoms with E-state index in [0.717, 1.165) is 57.6 Å². The number of benzene rings is 1. The fourth-order valence-electron chi connectivity index (χ4n) is 4.60. The summed E-state index contributed by atoms with van der Waals surface area (Å²) in [5, 5.41) is 0. The quantitative estimate of drug-likeness (QED) is 0.786. The van der Waals surface area contributed by atoms with Crippen LogP contribution in [0.5, 0.6) is 0 Å². The van der Waals surface area contributed by atoms with Gasteiger partial charge < -0.3 is 14.2 Å². The SMILES string of the molecule is COCC1(C(=O)N2CCC[C@H](c3nccn3Cc3ccccc3)C2)CCC1. The van der Waals surface area contributed by atoms with E-state index in [1.165, 1.54) is 5.56 Å². The molecule has 27 heavy (non-hydrogen) atoms. The van der Waals surface area contributed by atoms with Crippen molar-refractivity contribution >= 4 is 5.91 Å². The standard InChI is InChI=1S/C22H29N3O2/c1-27-17-22(10-6-11-22)21(26)25-13-5-9-19(16-25)20-23-12-14-24(20)15-18-7-3-2-4-8-18/h2-4,7-8,12,14,19H,5-6,9-11,13,15-17H2,1H3/t19-/m0/s1. The van der Waals surface area contributed by atoms with Gasteiger partial charge in [0.25, 0.3) is 0 Å². The Balaban J connectivity index is 1.48. The predicted octanol–water partition coefficient (Wildman–Crippen LogP) is 3.45. The van der Waals surface area contributed by atoms with E-state index in [2.05, 4.69) is 44.9 Å². The Hall–Kier alpha value is -2.14. The van der Waals surface area contributed by atoms with Crippen molar-refractivity contribution in [3.8, 4) is 0 Å². The molecule has 1 saturated heterocycles. The first-order valence-corrected chi connectivity index (χ1v) is 10.1. The monoisotopic (exact) mass is 367 g/mol. The number of imidazole rings is 1. The minimum absolute atomic E-state index is 0.268. The van der Waals surface area contributed by atoms with Crippen LogP contribution in [0.1, 0.15) is 49.4 Å². The Bertz CT molecular complexity index is 767. The molecular formula is C22H29N3O2. The normalized spacial score (nSPS) is 21.7. The number of carbonyl (C=O) groups is 1. The van der Waals surface area contributed by atoms with Gasteiger partial charge in [0, 0.05) is 45.1 Å². The lowest BCUT2D eigenvalue weighted by molar-refractivity contribution is -0.153. The molecule has 2 heterocycles. The number of nitrogens with zero attached hydrogens (tertiary/aromatic N) is 3. The number of likely N-dealkylation sites (tertiary alicyclic amines) is 1. The third-order valence-corrected chi connectivity index (χ3v) is 6.20. The summed E-state index contributed by atoms with van der Waals surface area (Å²) < 4.78 is 7.62. The van der Waals surface area contributed by atoms with Gasteiger partial charge in [-0.2, -0.15) is 0 Å². The average Bonchev–Trinajstić information content (AvgIpc) is 3.13. The van der Waals surface area contributed by atoms with Gasteiger partial charge >= 0.3 is 0 Å². The summed E-state index contributed by atoms with van der Waals surface area (Å²) in [7, 11) is 1.70. The fourth-order valence-corrected chi connectivity index (χ4v) is 4.60. The molecule has 1 atom stereocenters. The maximum absolute atomic E-state index is 13.2. The lowest BCUT2D eigenvalue weighted by Gasteiger charge is -2.45. The topological polar surface area (TPSA) is 47.4 Å². The van der Waals surface area contributed by atoms with Crippen molar-refractivity contribution in [1.29, 1.82) is 0 Å². The molecule has 144 valence electrons. The first kappa shape index (κ1) is 18.2. The van der Waals surface area contributed by atoms with Gasteiger partial charge in [0.1, 0.15) is 5.82 Å². The van der Waals surface area contributed by atoms with E-state index in [0.29, 0.717) is 18.4 Å². The molecule has 1 aromatic carbocycles. The van der Waals surface area contributed by atoms with Crippen LogP contribution >= 0.6 is 0 Å². The van der Waals surface area contributed by atoms with Gasteiger partial charge in [-0.15, -0.1) is 0 Å². The minimum Gasteiger partial charge on any atom is -0.384 e. The largest absolute Gasteiger partial charge is 0.384 e. The maximum atomic E-state index is 13.2. The van der Waals surface area contributed by atoms with Gasteiger partial charge in [0.05, 0.1) is 12.0 Å². The zero-order valence-electron chi connectivity index (χ0n) is 16.1. The minimum atomic E-state index is -0.268. The number of hydrogen-bond donors (Lipinski definition) is 0. The molecular weight excluding hydrogens is 338 g/mol. The van der Waals surface area contributed by atoms with Crippen LogP contribution in [0, 0.1) is 5.41 Å². The smallest absolute Gasteiger partial charge is 0.231 e. The lowest BCUT2D eigenvalue weighted by atomic mass is 9.68. The van der Waals surface area contributed by atoms with Crippen LogP contribution in [0.15, 0.2) is 42.7 Å². The Kier molecular flexibility index (Phi) is 5.30. The Labute approximate surface area is 161 Å². The summed E-state index contributed by atoms with van der Waals surface area (Å²) in [6.45, 7) is 3.01. The van der Waals surface area contributed by atoms with Crippen LogP contribution in [0.4, 0.5) is 0 Å². The summed E-state index contributed by atoms with van der Waals surface area (Å²) in [4.78, 5) is 19.9. The molecule has 0 radical (unpaired) electrons. The van der Waals surface area contributed by atoms with Crippen molar-refractivity contribution in [1.82, 2.24) is 14.5 Å². The molecule has 1 aliphatic heterocycles. The van der Waals surface area contributed by atoms with Crippen LogP contribution in [0.25, 0.3) is 0 Å². The number of piperidine rings is 1. The molecule has 2 fully saturated rings.